The van der Waals surface area contributed by atoms with Gasteiger partial charge >= 0.3 is 5.97 Å². The average molecular weight is 257 g/mol. The normalized spacial score (nSPS) is 21.3. The van der Waals surface area contributed by atoms with E-state index in [0.717, 1.165) is 32.2 Å². The van der Waals surface area contributed by atoms with Gasteiger partial charge in [0.05, 0.1) is 6.04 Å². The number of hydrogen-bond donors (Lipinski definition) is 4. The number of rotatable bonds is 7. The standard InChI is InChI=1S/C12H23N3O3/c13-9(12(17)18)5-1-3-8-15-11(16)10-6-2-4-7-14-10/h9-10,14H,1-8,13H2,(H,15,16)(H,17,18)/t9-,10-/m0/s1. The van der Waals surface area contributed by atoms with E-state index in [1.165, 1.54) is 0 Å². The number of carboxylic acids is 1. The fourth-order valence-electron chi connectivity index (χ4n) is 2.02. The maximum atomic E-state index is 11.7. The molecule has 1 rings (SSSR count). The molecule has 6 heteroatoms. The van der Waals surface area contributed by atoms with Crippen molar-refractivity contribution in [3.8, 4) is 0 Å². The van der Waals surface area contributed by atoms with Crippen LogP contribution in [0.15, 0.2) is 0 Å². The number of hydrogen-bond acceptors (Lipinski definition) is 4. The van der Waals surface area contributed by atoms with Gasteiger partial charge in [-0.25, -0.2) is 0 Å². The van der Waals surface area contributed by atoms with Crippen molar-refractivity contribution < 1.29 is 14.7 Å². The first-order valence-electron chi connectivity index (χ1n) is 6.60. The summed E-state index contributed by atoms with van der Waals surface area (Å²) in [6.45, 7) is 1.49. The van der Waals surface area contributed by atoms with Crippen LogP contribution in [0, 0.1) is 0 Å². The Morgan fingerprint density at radius 2 is 2.17 bits per heavy atom. The first kappa shape index (κ1) is 14.9. The van der Waals surface area contributed by atoms with Gasteiger partial charge in [0.1, 0.15) is 6.04 Å². The molecule has 1 fully saturated rings. The molecule has 0 bridgehead atoms. The highest BCUT2D eigenvalue weighted by atomic mass is 16.4. The van der Waals surface area contributed by atoms with Crippen LogP contribution >= 0.6 is 0 Å². The highest BCUT2D eigenvalue weighted by Crippen LogP contribution is 2.06. The Hall–Kier alpha value is -1.14. The first-order valence-corrected chi connectivity index (χ1v) is 6.60. The zero-order valence-electron chi connectivity index (χ0n) is 10.7. The third-order valence-electron chi connectivity index (χ3n) is 3.19. The second-order valence-electron chi connectivity index (χ2n) is 4.73. The molecule has 1 amide bonds. The maximum absolute atomic E-state index is 11.7. The number of amides is 1. The summed E-state index contributed by atoms with van der Waals surface area (Å²) in [5.41, 5.74) is 5.38. The van der Waals surface area contributed by atoms with Crippen LogP contribution in [0.1, 0.15) is 38.5 Å². The van der Waals surface area contributed by atoms with E-state index in [-0.39, 0.29) is 11.9 Å². The van der Waals surface area contributed by atoms with Crippen LogP contribution in [0.25, 0.3) is 0 Å². The van der Waals surface area contributed by atoms with Gasteiger partial charge in [0.25, 0.3) is 0 Å². The van der Waals surface area contributed by atoms with Crippen LogP contribution in [0.4, 0.5) is 0 Å². The van der Waals surface area contributed by atoms with Crippen LogP contribution in [-0.4, -0.2) is 42.2 Å². The largest absolute Gasteiger partial charge is 0.480 e. The third kappa shape index (κ3) is 5.46. The molecule has 1 saturated heterocycles. The minimum atomic E-state index is -0.967. The minimum Gasteiger partial charge on any atom is -0.480 e. The Morgan fingerprint density at radius 3 is 2.78 bits per heavy atom. The molecular weight excluding hydrogens is 234 g/mol. The number of nitrogens with two attached hydrogens (primary N) is 1. The number of piperidine rings is 1. The van der Waals surface area contributed by atoms with Crippen LogP contribution < -0.4 is 16.4 Å². The maximum Gasteiger partial charge on any atom is 0.320 e. The summed E-state index contributed by atoms with van der Waals surface area (Å²) in [5, 5.41) is 14.6. The molecule has 0 radical (unpaired) electrons. The van der Waals surface area contributed by atoms with Gasteiger partial charge in [0, 0.05) is 6.54 Å². The van der Waals surface area contributed by atoms with Gasteiger partial charge in [-0.15, -0.1) is 0 Å². The van der Waals surface area contributed by atoms with Crippen molar-refractivity contribution >= 4 is 11.9 Å². The third-order valence-corrected chi connectivity index (χ3v) is 3.19. The topological polar surface area (TPSA) is 104 Å². The van der Waals surface area contributed by atoms with Gasteiger partial charge in [-0.3, -0.25) is 9.59 Å². The molecule has 0 aromatic carbocycles. The average Bonchev–Trinajstić information content (AvgIpc) is 2.38. The Labute approximate surface area is 107 Å². The number of unbranched alkanes of at least 4 members (excludes halogenated alkanes) is 1. The molecule has 0 saturated carbocycles. The summed E-state index contributed by atoms with van der Waals surface area (Å²) in [4.78, 5) is 22.2. The zero-order chi connectivity index (χ0) is 13.4. The Kier molecular flexibility index (Phi) is 6.67. The second-order valence-corrected chi connectivity index (χ2v) is 4.73. The van der Waals surface area contributed by atoms with E-state index in [1.54, 1.807) is 0 Å². The molecule has 18 heavy (non-hydrogen) atoms. The monoisotopic (exact) mass is 257 g/mol. The fourth-order valence-corrected chi connectivity index (χ4v) is 2.02. The predicted octanol–water partition coefficient (Wildman–Crippen LogP) is -0.173. The molecule has 5 N–H and O–H groups in total. The lowest BCUT2D eigenvalue weighted by molar-refractivity contribution is -0.138. The summed E-state index contributed by atoms with van der Waals surface area (Å²) in [6.07, 6.45) is 5.06. The molecule has 0 unspecified atom stereocenters. The van der Waals surface area contributed by atoms with Gasteiger partial charge in [-0.05, 0) is 38.6 Å². The SMILES string of the molecule is N[C@@H](CCCCNC(=O)[C@@H]1CCCCN1)C(=O)O. The Balaban J connectivity index is 2.03. The first-order chi connectivity index (χ1) is 8.61. The fraction of sp³-hybridized carbons (Fsp3) is 0.833. The lowest BCUT2D eigenvalue weighted by atomic mass is 10.0. The van der Waals surface area contributed by atoms with Gasteiger partial charge in [0.2, 0.25) is 5.91 Å². The molecule has 0 aliphatic carbocycles. The van der Waals surface area contributed by atoms with Crippen molar-refractivity contribution in [1.29, 1.82) is 0 Å². The quantitative estimate of drug-likeness (QED) is 0.474. The lowest BCUT2D eigenvalue weighted by Gasteiger charge is -2.22. The summed E-state index contributed by atoms with van der Waals surface area (Å²) in [6, 6.07) is -0.847. The van der Waals surface area contributed by atoms with Crippen molar-refractivity contribution in [3.63, 3.8) is 0 Å². The van der Waals surface area contributed by atoms with Crippen LogP contribution in [0.5, 0.6) is 0 Å². The van der Waals surface area contributed by atoms with Gasteiger partial charge in [0.15, 0.2) is 0 Å². The van der Waals surface area contributed by atoms with E-state index >= 15 is 0 Å². The highest BCUT2D eigenvalue weighted by Gasteiger charge is 2.19. The van der Waals surface area contributed by atoms with Crippen LogP contribution in [0.2, 0.25) is 0 Å². The van der Waals surface area contributed by atoms with Crippen molar-refractivity contribution in [1.82, 2.24) is 10.6 Å². The number of carbonyl (C=O) groups is 2. The molecular formula is C12H23N3O3. The van der Waals surface area contributed by atoms with Crippen LogP contribution in [0.3, 0.4) is 0 Å². The Bertz CT molecular complexity index is 278. The summed E-state index contributed by atoms with van der Waals surface area (Å²) < 4.78 is 0. The van der Waals surface area contributed by atoms with Crippen molar-refractivity contribution in [2.75, 3.05) is 13.1 Å². The lowest BCUT2D eigenvalue weighted by Crippen LogP contribution is -2.46. The molecule has 1 aliphatic heterocycles. The molecule has 1 heterocycles. The molecule has 1 aliphatic rings. The number of aliphatic carboxylic acids is 1. The van der Waals surface area contributed by atoms with E-state index < -0.39 is 12.0 Å². The molecule has 2 atom stereocenters. The van der Waals surface area contributed by atoms with E-state index in [9.17, 15) is 9.59 Å². The van der Waals surface area contributed by atoms with Crippen molar-refractivity contribution in [2.24, 2.45) is 5.73 Å². The van der Waals surface area contributed by atoms with E-state index in [4.69, 9.17) is 10.8 Å². The van der Waals surface area contributed by atoms with Crippen LogP contribution in [-0.2, 0) is 9.59 Å². The minimum absolute atomic E-state index is 0.0530. The Morgan fingerprint density at radius 1 is 1.39 bits per heavy atom. The van der Waals surface area contributed by atoms with E-state index in [2.05, 4.69) is 10.6 Å². The molecule has 6 nitrogen and oxygen atoms in total. The van der Waals surface area contributed by atoms with Gasteiger partial charge in [-0.2, -0.15) is 0 Å². The van der Waals surface area contributed by atoms with Gasteiger partial charge < -0.3 is 21.5 Å². The van der Waals surface area contributed by atoms with Crippen molar-refractivity contribution in [2.45, 2.75) is 50.6 Å². The number of carbonyl (C=O) groups excluding carboxylic acids is 1. The van der Waals surface area contributed by atoms with Crippen molar-refractivity contribution in [3.05, 3.63) is 0 Å². The second kappa shape index (κ2) is 8.05. The zero-order valence-corrected chi connectivity index (χ0v) is 10.7. The smallest absolute Gasteiger partial charge is 0.320 e. The summed E-state index contributed by atoms with van der Waals surface area (Å²) in [7, 11) is 0. The molecule has 0 spiro atoms. The summed E-state index contributed by atoms with van der Waals surface area (Å²) in [5.74, 6) is -0.914. The molecule has 0 aromatic heterocycles. The predicted molar refractivity (Wildman–Crippen MR) is 68.1 cm³/mol. The van der Waals surface area contributed by atoms with Gasteiger partial charge in [-0.1, -0.05) is 6.42 Å². The molecule has 0 aromatic rings. The highest BCUT2D eigenvalue weighted by molar-refractivity contribution is 5.81. The van der Waals surface area contributed by atoms with E-state index in [0.29, 0.717) is 19.4 Å². The number of nitrogens with one attached hydrogen (secondary N) is 2. The summed E-state index contributed by atoms with van der Waals surface area (Å²) >= 11 is 0. The number of carboxylic acid groups (broad SMARTS) is 1. The molecule has 104 valence electrons. The van der Waals surface area contributed by atoms with E-state index in [1.807, 2.05) is 0 Å².